The molecule has 2 rings (SSSR count). The standard InChI is InChI=1S/C16H22N4O8/c1-10(22)18-12-3-5-20(16(24)19-12)15-14(13(23)11(7-21)28-15)27-9-26-8-25-6-2-4-17/h3,5,11,13-15,21,23H,2,6-9H2,1H3,(H,18,19,22,24)/t11-,13?,14?,15-/m1/s1. The molecular formula is C16H22N4O8. The maximum absolute atomic E-state index is 12.3. The second-order valence-electron chi connectivity index (χ2n) is 5.81. The first-order valence-electron chi connectivity index (χ1n) is 8.43. The Balaban J connectivity index is 2.03. The van der Waals surface area contributed by atoms with Crippen molar-refractivity contribution in [3.05, 3.63) is 22.7 Å². The Kier molecular flexibility index (Phi) is 8.45. The molecule has 1 aliphatic rings. The molecule has 0 bridgehead atoms. The summed E-state index contributed by atoms with van der Waals surface area (Å²) in [6, 6.07) is 3.31. The predicted octanol–water partition coefficient (Wildman–Crippen LogP) is -1.30. The number of rotatable bonds is 10. The molecule has 12 nitrogen and oxygen atoms in total. The first-order chi connectivity index (χ1) is 13.5. The van der Waals surface area contributed by atoms with Gasteiger partial charge < -0.3 is 34.5 Å². The van der Waals surface area contributed by atoms with Crippen LogP contribution in [-0.4, -0.2) is 70.8 Å². The molecule has 0 aromatic carbocycles. The number of carbonyl (C=O) groups is 1. The first kappa shape index (κ1) is 21.9. The van der Waals surface area contributed by atoms with Crippen LogP contribution in [0.25, 0.3) is 0 Å². The minimum absolute atomic E-state index is 0.0707. The Morgan fingerprint density at radius 1 is 1.46 bits per heavy atom. The number of ether oxygens (including phenoxy) is 4. The van der Waals surface area contributed by atoms with Crippen LogP contribution in [0.1, 0.15) is 19.6 Å². The Morgan fingerprint density at radius 2 is 2.25 bits per heavy atom. The molecule has 4 atom stereocenters. The second kappa shape index (κ2) is 10.8. The van der Waals surface area contributed by atoms with Crippen LogP contribution in [0.3, 0.4) is 0 Å². The molecule has 1 aromatic rings. The van der Waals surface area contributed by atoms with Crippen molar-refractivity contribution < 1.29 is 34.0 Å². The van der Waals surface area contributed by atoms with E-state index < -0.39 is 36.8 Å². The van der Waals surface area contributed by atoms with Crippen LogP contribution < -0.4 is 11.0 Å². The Hall–Kier alpha value is -2.40. The van der Waals surface area contributed by atoms with Crippen molar-refractivity contribution in [3.63, 3.8) is 0 Å². The number of amides is 1. The molecule has 2 heterocycles. The lowest BCUT2D eigenvalue weighted by molar-refractivity contribution is -0.175. The summed E-state index contributed by atoms with van der Waals surface area (Å²) >= 11 is 0. The van der Waals surface area contributed by atoms with Gasteiger partial charge in [-0.3, -0.25) is 9.36 Å². The molecule has 0 aliphatic carbocycles. The zero-order valence-electron chi connectivity index (χ0n) is 15.2. The third-order valence-electron chi connectivity index (χ3n) is 3.77. The molecule has 3 N–H and O–H groups in total. The number of aromatic nitrogens is 2. The highest BCUT2D eigenvalue weighted by Gasteiger charge is 2.45. The van der Waals surface area contributed by atoms with Gasteiger partial charge in [0.25, 0.3) is 0 Å². The van der Waals surface area contributed by atoms with Crippen LogP contribution in [0.15, 0.2) is 17.1 Å². The third kappa shape index (κ3) is 5.80. The maximum atomic E-state index is 12.3. The molecule has 1 fully saturated rings. The Morgan fingerprint density at radius 3 is 2.89 bits per heavy atom. The van der Waals surface area contributed by atoms with E-state index in [0.29, 0.717) is 0 Å². The Bertz CT molecular complexity index is 749. The van der Waals surface area contributed by atoms with Crippen molar-refractivity contribution >= 4 is 11.7 Å². The van der Waals surface area contributed by atoms with Gasteiger partial charge in [-0.05, 0) is 6.07 Å². The molecule has 1 saturated heterocycles. The summed E-state index contributed by atoms with van der Waals surface area (Å²) < 4.78 is 22.2. The van der Waals surface area contributed by atoms with Crippen LogP contribution in [0.2, 0.25) is 0 Å². The molecule has 1 aromatic heterocycles. The van der Waals surface area contributed by atoms with Crippen molar-refractivity contribution in [1.82, 2.24) is 9.55 Å². The molecule has 1 amide bonds. The van der Waals surface area contributed by atoms with E-state index in [1.807, 2.05) is 6.07 Å². The summed E-state index contributed by atoms with van der Waals surface area (Å²) in [4.78, 5) is 27.1. The quantitative estimate of drug-likeness (QED) is 0.318. The van der Waals surface area contributed by atoms with Gasteiger partial charge in [0.15, 0.2) is 6.23 Å². The van der Waals surface area contributed by atoms with Gasteiger partial charge in [0.05, 0.1) is 25.7 Å². The monoisotopic (exact) mass is 398 g/mol. The molecule has 0 saturated carbocycles. The summed E-state index contributed by atoms with van der Waals surface area (Å²) in [6.45, 7) is 0.610. The van der Waals surface area contributed by atoms with Crippen molar-refractivity contribution in [2.75, 3.05) is 32.1 Å². The maximum Gasteiger partial charge on any atom is 0.351 e. The van der Waals surface area contributed by atoms with Gasteiger partial charge in [0.1, 0.15) is 37.7 Å². The highest BCUT2D eigenvalue weighted by atomic mass is 16.7. The Labute approximate surface area is 160 Å². The number of nitriles is 1. The van der Waals surface area contributed by atoms with Crippen molar-refractivity contribution in [1.29, 1.82) is 5.26 Å². The van der Waals surface area contributed by atoms with Gasteiger partial charge in [-0.15, -0.1) is 0 Å². The number of hydrogen-bond donors (Lipinski definition) is 3. The average molecular weight is 398 g/mol. The molecule has 2 unspecified atom stereocenters. The van der Waals surface area contributed by atoms with Gasteiger partial charge in [0.2, 0.25) is 5.91 Å². The summed E-state index contributed by atoms with van der Waals surface area (Å²) in [5.41, 5.74) is -0.739. The molecule has 0 radical (unpaired) electrons. The average Bonchev–Trinajstić information content (AvgIpc) is 2.96. The van der Waals surface area contributed by atoms with Crippen LogP contribution in [-0.2, 0) is 23.7 Å². The van der Waals surface area contributed by atoms with E-state index >= 15 is 0 Å². The topological polar surface area (TPSA) is 165 Å². The number of hydrogen-bond acceptors (Lipinski definition) is 10. The van der Waals surface area contributed by atoms with Gasteiger partial charge in [-0.1, -0.05) is 0 Å². The van der Waals surface area contributed by atoms with Crippen LogP contribution in [0, 0.1) is 11.3 Å². The van der Waals surface area contributed by atoms with Crippen LogP contribution in [0.5, 0.6) is 0 Å². The number of nitrogens with one attached hydrogen (secondary N) is 1. The zero-order valence-corrected chi connectivity index (χ0v) is 15.2. The highest BCUT2D eigenvalue weighted by molar-refractivity contribution is 5.87. The fourth-order valence-electron chi connectivity index (χ4n) is 2.53. The minimum atomic E-state index is -1.22. The fourth-order valence-corrected chi connectivity index (χ4v) is 2.53. The van der Waals surface area contributed by atoms with Crippen LogP contribution >= 0.6 is 0 Å². The van der Waals surface area contributed by atoms with Crippen molar-refractivity contribution in [2.45, 2.75) is 37.9 Å². The molecule has 0 spiro atoms. The number of carbonyl (C=O) groups excluding carboxylic acids is 1. The lowest BCUT2D eigenvalue weighted by Crippen LogP contribution is -2.38. The summed E-state index contributed by atoms with van der Waals surface area (Å²) in [7, 11) is 0. The van der Waals surface area contributed by atoms with Crippen LogP contribution in [0.4, 0.5) is 5.82 Å². The summed E-state index contributed by atoms with van der Waals surface area (Å²) in [5, 5.41) is 30.4. The van der Waals surface area contributed by atoms with Crippen molar-refractivity contribution in [3.8, 4) is 6.07 Å². The smallest absolute Gasteiger partial charge is 0.351 e. The summed E-state index contributed by atoms with van der Waals surface area (Å²) in [5.74, 6) is -0.311. The molecule has 28 heavy (non-hydrogen) atoms. The number of aliphatic hydroxyl groups is 2. The fraction of sp³-hybridized carbons (Fsp3) is 0.625. The molecular weight excluding hydrogens is 376 g/mol. The molecule has 1 aliphatic heterocycles. The van der Waals surface area contributed by atoms with Crippen molar-refractivity contribution in [2.24, 2.45) is 0 Å². The van der Waals surface area contributed by atoms with E-state index in [4.69, 9.17) is 24.2 Å². The molecule has 154 valence electrons. The largest absolute Gasteiger partial charge is 0.394 e. The van der Waals surface area contributed by atoms with E-state index in [9.17, 15) is 19.8 Å². The highest BCUT2D eigenvalue weighted by Crippen LogP contribution is 2.30. The van der Waals surface area contributed by atoms with Gasteiger partial charge in [0, 0.05) is 13.1 Å². The number of nitrogens with zero attached hydrogens (tertiary/aromatic N) is 3. The van der Waals surface area contributed by atoms with E-state index in [0.717, 1.165) is 4.57 Å². The SMILES string of the molecule is CC(=O)Nc1ccn([C@@H]2O[C@H](CO)C(O)C2OCOCOCCC#N)c(=O)n1. The lowest BCUT2D eigenvalue weighted by Gasteiger charge is -2.22. The second-order valence-corrected chi connectivity index (χ2v) is 5.81. The minimum Gasteiger partial charge on any atom is -0.394 e. The van der Waals surface area contributed by atoms with E-state index in [2.05, 4.69) is 10.3 Å². The first-order valence-corrected chi connectivity index (χ1v) is 8.43. The summed E-state index contributed by atoms with van der Waals surface area (Å²) in [6.07, 6.45) is -2.72. The zero-order chi connectivity index (χ0) is 20.5. The van der Waals surface area contributed by atoms with Gasteiger partial charge >= 0.3 is 5.69 Å². The third-order valence-corrected chi connectivity index (χ3v) is 3.77. The van der Waals surface area contributed by atoms with E-state index in [1.165, 1.54) is 19.2 Å². The molecule has 12 heteroatoms. The predicted molar refractivity (Wildman–Crippen MR) is 91.7 cm³/mol. The number of aliphatic hydroxyl groups excluding tert-OH is 2. The van der Waals surface area contributed by atoms with E-state index in [1.54, 1.807) is 0 Å². The van der Waals surface area contributed by atoms with E-state index in [-0.39, 0.29) is 38.3 Å². The number of anilines is 1. The normalized spacial score (nSPS) is 24.1. The van der Waals surface area contributed by atoms with Gasteiger partial charge in [-0.25, -0.2) is 4.79 Å². The lowest BCUT2D eigenvalue weighted by atomic mass is 10.1. The van der Waals surface area contributed by atoms with Gasteiger partial charge in [-0.2, -0.15) is 10.2 Å².